The summed E-state index contributed by atoms with van der Waals surface area (Å²) in [6, 6.07) is 8.46. The lowest BCUT2D eigenvalue weighted by Crippen LogP contribution is -2.24. The second-order valence-corrected chi connectivity index (χ2v) is 5.36. The van der Waals surface area contributed by atoms with Gasteiger partial charge >= 0.3 is 0 Å². The normalized spacial score (nSPS) is 12.3. The minimum atomic E-state index is 0.276. The fraction of sp³-hybridized carbons (Fsp3) is 0.400. The molecular weight excluding hydrogens is 272 g/mol. The second-order valence-electron chi connectivity index (χ2n) is 4.39. The Balaban J connectivity index is 2.01. The Morgan fingerprint density at radius 3 is 2.75 bits per heavy atom. The highest BCUT2D eigenvalue weighted by Gasteiger charge is 2.12. The zero-order valence-electron chi connectivity index (χ0n) is 11.8. The van der Waals surface area contributed by atoms with Gasteiger partial charge in [0.05, 0.1) is 13.3 Å². The van der Waals surface area contributed by atoms with E-state index < -0.39 is 0 Å². The Morgan fingerprint density at radius 2 is 2.15 bits per heavy atom. The molecule has 20 heavy (non-hydrogen) atoms. The highest BCUT2D eigenvalue weighted by atomic mass is 32.2. The average Bonchev–Trinajstić information content (AvgIpc) is 3.01. The summed E-state index contributed by atoms with van der Waals surface area (Å²) in [5, 5.41) is 4.26. The lowest BCUT2D eigenvalue weighted by Gasteiger charge is -2.18. The first kappa shape index (κ1) is 14.9. The molecule has 0 spiro atoms. The Labute approximate surface area is 123 Å². The van der Waals surface area contributed by atoms with Gasteiger partial charge in [-0.1, -0.05) is 30.8 Å². The van der Waals surface area contributed by atoms with E-state index in [-0.39, 0.29) is 6.04 Å². The Morgan fingerprint density at radius 1 is 1.35 bits per heavy atom. The van der Waals surface area contributed by atoms with Gasteiger partial charge in [-0.15, -0.1) is 0 Å². The molecule has 4 nitrogen and oxygen atoms in total. The molecule has 0 aliphatic rings. The zero-order chi connectivity index (χ0) is 14.2. The van der Waals surface area contributed by atoms with Crippen molar-refractivity contribution < 1.29 is 9.15 Å². The monoisotopic (exact) mass is 292 g/mol. The molecule has 108 valence electrons. The van der Waals surface area contributed by atoms with Crippen LogP contribution in [0.2, 0.25) is 0 Å². The first-order chi connectivity index (χ1) is 9.83. The van der Waals surface area contributed by atoms with Crippen LogP contribution >= 0.6 is 11.8 Å². The van der Waals surface area contributed by atoms with Crippen LogP contribution in [0.4, 0.5) is 0 Å². The summed E-state index contributed by atoms with van der Waals surface area (Å²) in [6.45, 7) is 3.15. The first-order valence-electron chi connectivity index (χ1n) is 6.73. The van der Waals surface area contributed by atoms with E-state index in [0.717, 1.165) is 24.5 Å². The van der Waals surface area contributed by atoms with Crippen molar-refractivity contribution in [1.82, 2.24) is 10.3 Å². The number of hydrogen-bond donors (Lipinski definition) is 1. The van der Waals surface area contributed by atoms with Gasteiger partial charge in [0.1, 0.15) is 12.0 Å². The van der Waals surface area contributed by atoms with Gasteiger partial charge < -0.3 is 14.5 Å². The number of thioether (sulfide) groups is 1. The van der Waals surface area contributed by atoms with E-state index in [1.165, 1.54) is 5.56 Å². The molecule has 1 atom stereocenters. The van der Waals surface area contributed by atoms with Gasteiger partial charge in [0.2, 0.25) is 0 Å². The van der Waals surface area contributed by atoms with Gasteiger partial charge in [-0.2, -0.15) is 0 Å². The van der Waals surface area contributed by atoms with E-state index in [4.69, 9.17) is 9.15 Å². The van der Waals surface area contributed by atoms with E-state index in [9.17, 15) is 0 Å². The molecule has 1 aromatic heterocycles. The molecule has 0 saturated heterocycles. The molecule has 0 amide bonds. The molecule has 1 heterocycles. The van der Waals surface area contributed by atoms with Gasteiger partial charge in [0.15, 0.2) is 0 Å². The molecule has 1 N–H and O–H groups in total. The molecule has 5 heteroatoms. The molecule has 0 saturated carbocycles. The van der Waals surface area contributed by atoms with E-state index >= 15 is 0 Å². The Kier molecular flexibility index (Phi) is 5.95. The molecular formula is C15H20N2O2S. The molecule has 0 aliphatic carbocycles. The van der Waals surface area contributed by atoms with Gasteiger partial charge in [0.25, 0.3) is 5.22 Å². The van der Waals surface area contributed by atoms with Crippen LogP contribution in [0.1, 0.15) is 24.9 Å². The third kappa shape index (κ3) is 4.28. The number of hydrogen-bond acceptors (Lipinski definition) is 5. The highest BCUT2D eigenvalue weighted by molar-refractivity contribution is 7.99. The van der Waals surface area contributed by atoms with Crippen molar-refractivity contribution >= 4 is 11.8 Å². The number of rotatable bonds is 8. The third-order valence-electron chi connectivity index (χ3n) is 2.94. The number of methoxy groups -OCH3 is 1. The number of benzene rings is 1. The minimum absolute atomic E-state index is 0.276. The van der Waals surface area contributed by atoms with E-state index in [1.807, 2.05) is 12.1 Å². The maximum atomic E-state index is 5.26. The molecule has 1 aromatic carbocycles. The predicted octanol–water partition coefficient (Wildman–Crippen LogP) is 3.52. The van der Waals surface area contributed by atoms with Gasteiger partial charge in [-0.05, 0) is 30.7 Å². The average molecular weight is 292 g/mol. The maximum absolute atomic E-state index is 5.26. The first-order valence-corrected chi connectivity index (χ1v) is 7.71. The van der Waals surface area contributed by atoms with Crippen LogP contribution in [0, 0.1) is 0 Å². The molecule has 0 radical (unpaired) electrons. The maximum Gasteiger partial charge on any atom is 0.255 e. The molecule has 2 aromatic rings. The van der Waals surface area contributed by atoms with Crippen LogP contribution in [0.15, 0.2) is 46.4 Å². The molecule has 2 rings (SSSR count). The summed E-state index contributed by atoms with van der Waals surface area (Å²) in [5.74, 6) is 1.76. The van der Waals surface area contributed by atoms with Gasteiger partial charge in [-0.3, -0.25) is 0 Å². The van der Waals surface area contributed by atoms with Gasteiger partial charge in [-0.25, -0.2) is 4.98 Å². The number of oxazole rings is 1. The summed E-state index contributed by atoms with van der Waals surface area (Å²) in [4.78, 5) is 4.14. The topological polar surface area (TPSA) is 47.3 Å². The van der Waals surface area contributed by atoms with Crippen molar-refractivity contribution in [2.75, 3.05) is 19.4 Å². The fourth-order valence-electron chi connectivity index (χ4n) is 1.86. The van der Waals surface area contributed by atoms with Crippen LogP contribution in [0.3, 0.4) is 0 Å². The second kappa shape index (κ2) is 7.97. The molecule has 1 unspecified atom stereocenters. The highest BCUT2D eigenvalue weighted by Crippen LogP contribution is 2.25. The van der Waals surface area contributed by atoms with Crippen molar-refractivity contribution in [3.8, 4) is 5.75 Å². The molecule has 0 fully saturated rings. The number of ether oxygens (including phenoxy) is 1. The van der Waals surface area contributed by atoms with E-state index in [0.29, 0.717) is 5.22 Å². The number of nitrogens with zero attached hydrogens (tertiary/aromatic N) is 1. The Bertz CT molecular complexity index is 485. The Hall–Kier alpha value is -1.46. The zero-order valence-corrected chi connectivity index (χ0v) is 12.7. The minimum Gasteiger partial charge on any atom is -0.497 e. The van der Waals surface area contributed by atoms with Gasteiger partial charge in [0, 0.05) is 11.8 Å². The predicted molar refractivity (Wildman–Crippen MR) is 81.3 cm³/mol. The fourth-order valence-corrected chi connectivity index (χ4v) is 2.74. The van der Waals surface area contributed by atoms with E-state index in [1.54, 1.807) is 31.3 Å². The van der Waals surface area contributed by atoms with Crippen LogP contribution in [-0.2, 0) is 0 Å². The molecule has 0 aliphatic heterocycles. The lowest BCUT2D eigenvalue weighted by molar-refractivity contribution is 0.414. The van der Waals surface area contributed by atoms with Crippen LogP contribution in [0.5, 0.6) is 5.75 Å². The van der Waals surface area contributed by atoms with Crippen LogP contribution in [-0.4, -0.2) is 24.4 Å². The van der Waals surface area contributed by atoms with Crippen molar-refractivity contribution in [3.05, 3.63) is 42.3 Å². The third-order valence-corrected chi connectivity index (χ3v) is 3.89. The summed E-state index contributed by atoms with van der Waals surface area (Å²) in [6.07, 6.45) is 4.38. The van der Waals surface area contributed by atoms with Crippen molar-refractivity contribution in [1.29, 1.82) is 0 Å². The SMILES string of the molecule is CCCNC(CSc1ncco1)c1ccc(OC)cc1. The standard InChI is InChI=1S/C15H20N2O2S/c1-3-8-16-14(11-20-15-17-9-10-19-15)12-4-6-13(18-2)7-5-12/h4-7,9-10,14,16H,3,8,11H2,1-2H3. The van der Waals surface area contributed by atoms with E-state index in [2.05, 4.69) is 29.4 Å². The van der Waals surface area contributed by atoms with Crippen molar-refractivity contribution in [2.24, 2.45) is 0 Å². The summed E-state index contributed by atoms with van der Waals surface area (Å²) >= 11 is 1.62. The van der Waals surface area contributed by atoms with Crippen molar-refractivity contribution in [3.63, 3.8) is 0 Å². The summed E-state index contributed by atoms with van der Waals surface area (Å²) < 4.78 is 10.5. The van der Waals surface area contributed by atoms with Crippen molar-refractivity contribution in [2.45, 2.75) is 24.6 Å². The number of aromatic nitrogens is 1. The quantitative estimate of drug-likeness (QED) is 0.754. The lowest BCUT2D eigenvalue weighted by atomic mass is 10.1. The largest absolute Gasteiger partial charge is 0.497 e. The smallest absolute Gasteiger partial charge is 0.255 e. The van der Waals surface area contributed by atoms with Crippen LogP contribution < -0.4 is 10.1 Å². The molecule has 0 bridgehead atoms. The summed E-state index contributed by atoms with van der Waals surface area (Å²) in [7, 11) is 1.68. The summed E-state index contributed by atoms with van der Waals surface area (Å²) in [5.41, 5.74) is 1.25. The van der Waals surface area contributed by atoms with Crippen LogP contribution in [0.25, 0.3) is 0 Å². The number of nitrogens with one attached hydrogen (secondary N) is 1.